The molecule has 0 spiro atoms. The van der Waals surface area contributed by atoms with Crippen molar-refractivity contribution in [1.82, 2.24) is 19.6 Å². The molecule has 2 aromatic rings. The Morgan fingerprint density at radius 2 is 1.86 bits per heavy atom. The van der Waals surface area contributed by atoms with Crippen LogP contribution < -0.4 is 0 Å². The van der Waals surface area contributed by atoms with Gasteiger partial charge in [-0.3, -0.25) is 14.4 Å². The molecule has 3 rings (SSSR count). The van der Waals surface area contributed by atoms with Crippen LogP contribution in [0.5, 0.6) is 0 Å². The predicted octanol–water partition coefficient (Wildman–Crippen LogP) is 4.36. The number of aromatic nitrogens is 2. The molecule has 1 aliphatic rings. The third-order valence-electron chi connectivity index (χ3n) is 5.02. The molecule has 0 radical (unpaired) electrons. The van der Waals surface area contributed by atoms with E-state index in [2.05, 4.69) is 32.0 Å². The summed E-state index contributed by atoms with van der Waals surface area (Å²) in [5.74, 6) is -0.0925. The number of aryl methyl sites for hydroxylation is 1. The number of piperazine rings is 1. The second kappa shape index (κ2) is 9.06. The first kappa shape index (κ1) is 22.1. The van der Waals surface area contributed by atoms with Crippen LogP contribution >= 0.6 is 27.5 Å². The Morgan fingerprint density at radius 3 is 2.45 bits per heavy atom. The molecule has 10 heteroatoms. The summed E-state index contributed by atoms with van der Waals surface area (Å²) in [5, 5.41) is 3.13. The van der Waals surface area contributed by atoms with E-state index in [4.69, 9.17) is 11.6 Å². The Kier molecular flexibility index (Phi) is 6.90. The molecule has 29 heavy (non-hydrogen) atoms. The van der Waals surface area contributed by atoms with Gasteiger partial charge in [0, 0.05) is 43.6 Å². The molecule has 0 aliphatic carbocycles. The number of hydrogen-bond donors (Lipinski definition) is 0. The van der Waals surface area contributed by atoms with Gasteiger partial charge in [-0.15, -0.1) is 0 Å². The topological polar surface area (TPSA) is 41.4 Å². The summed E-state index contributed by atoms with van der Waals surface area (Å²) in [6.07, 6.45) is -4.53. The van der Waals surface area contributed by atoms with E-state index in [0.29, 0.717) is 13.1 Å². The summed E-state index contributed by atoms with van der Waals surface area (Å²) in [7, 11) is 0. The van der Waals surface area contributed by atoms with Crippen LogP contribution in [0.4, 0.5) is 13.2 Å². The number of halogens is 5. The summed E-state index contributed by atoms with van der Waals surface area (Å²) in [6.45, 7) is 5.02. The van der Waals surface area contributed by atoms with Gasteiger partial charge in [-0.05, 0) is 18.6 Å². The highest BCUT2D eigenvalue weighted by molar-refractivity contribution is 9.10. The van der Waals surface area contributed by atoms with Gasteiger partial charge >= 0.3 is 6.18 Å². The Morgan fingerprint density at radius 1 is 1.21 bits per heavy atom. The van der Waals surface area contributed by atoms with Crippen LogP contribution in [0.1, 0.15) is 23.4 Å². The molecule has 2 heterocycles. The van der Waals surface area contributed by atoms with E-state index in [1.807, 2.05) is 18.2 Å². The third kappa shape index (κ3) is 5.32. The van der Waals surface area contributed by atoms with Crippen molar-refractivity contribution in [2.75, 3.05) is 26.2 Å². The maximum Gasteiger partial charge on any atom is 0.436 e. The molecule has 1 amide bonds. The minimum Gasteiger partial charge on any atom is -0.340 e. The molecular weight excluding hydrogens is 473 g/mol. The van der Waals surface area contributed by atoms with Gasteiger partial charge < -0.3 is 4.90 Å². The van der Waals surface area contributed by atoms with Crippen molar-refractivity contribution in [3.05, 3.63) is 50.7 Å². The average molecular weight is 494 g/mol. The van der Waals surface area contributed by atoms with Crippen molar-refractivity contribution in [3.8, 4) is 0 Å². The number of nitrogens with zero attached hydrogens (tertiary/aromatic N) is 4. The number of hydrogen-bond acceptors (Lipinski definition) is 3. The van der Waals surface area contributed by atoms with Crippen LogP contribution in [0, 0.1) is 6.92 Å². The molecule has 158 valence electrons. The summed E-state index contributed by atoms with van der Waals surface area (Å²) in [5.41, 5.74) is 0.300. The second-order valence-electron chi connectivity index (χ2n) is 6.97. The van der Waals surface area contributed by atoms with Gasteiger partial charge in [-0.1, -0.05) is 45.7 Å². The molecule has 1 aromatic heterocycles. The third-order valence-corrected chi connectivity index (χ3v) is 6.24. The van der Waals surface area contributed by atoms with Crippen molar-refractivity contribution in [1.29, 1.82) is 0 Å². The van der Waals surface area contributed by atoms with Gasteiger partial charge in [0.25, 0.3) is 0 Å². The van der Waals surface area contributed by atoms with Gasteiger partial charge in [-0.2, -0.15) is 18.3 Å². The highest BCUT2D eigenvalue weighted by atomic mass is 79.9. The number of amides is 1. The Balaban J connectivity index is 1.51. The van der Waals surface area contributed by atoms with E-state index < -0.39 is 16.9 Å². The van der Waals surface area contributed by atoms with Gasteiger partial charge in [0.05, 0.1) is 17.3 Å². The molecule has 1 aliphatic heterocycles. The van der Waals surface area contributed by atoms with Gasteiger partial charge in [0.15, 0.2) is 5.69 Å². The molecule has 0 atom stereocenters. The molecule has 0 saturated carbocycles. The minimum absolute atomic E-state index is 0.0671. The molecule has 0 unspecified atom stereocenters. The van der Waals surface area contributed by atoms with Crippen LogP contribution in [0.15, 0.2) is 28.7 Å². The number of alkyl halides is 3. The first-order valence-corrected chi connectivity index (χ1v) is 10.4. The molecule has 0 bridgehead atoms. The SMILES string of the molecule is Cc1c(Cl)c(C(F)(F)F)nn1CCC(=O)N1CCN(Cc2ccccc2Br)CC1. The molecule has 1 aromatic carbocycles. The van der Waals surface area contributed by atoms with Crippen molar-refractivity contribution in [3.63, 3.8) is 0 Å². The van der Waals surface area contributed by atoms with Crippen LogP contribution in [-0.4, -0.2) is 51.7 Å². The Bertz CT molecular complexity index is 879. The standard InChI is InChI=1S/C19H21BrClF3N4O/c1-13-17(21)18(19(22,23)24)25-28(13)7-6-16(29)27-10-8-26(9-11-27)12-14-4-2-3-5-15(14)20/h2-5H,6-12H2,1H3. The van der Waals surface area contributed by atoms with E-state index in [1.165, 1.54) is 12.5 Å². The second-order valence-corrected chi connectivity index (χ2v) is 8.20. The Labute approximate surface area is 180 Å². The van der Waals surface area contributed by atoms with Crippen LogP contribution in [0.3, 0.4) is 0 Å². The fourth-order valence-electron chi connectivity index (χ4n) is 3.31. The van der Waals surface area contributed by atoms with E-state index in [1.54, 1.807) is 4.90 Å². The molecule has 1 saturated heterocycles. The minimum atomic E-state index is -4.61. The van der Waals surface area contributed by atoms with Crippen LogP contribution in [-0.2, 0) is 24.1 Å². The van der Waals surface area contributed by atoms with E-state index in [0.717, 1.165) is 28.8 Å². The van der Waals surface area contributed by atoms with Crippen molar-refractivity contribution < 1.29 is 18.0 Å². The lowest BCUT2D eigenvalue weighted by molar-refractivity contribution is -0.141. The lowest BCUT2D eigenvalue weighted by Gasteiger charge is -2.35. The van der Waals surface area contributed by atoms with Gasteiger partial charge in [0.1, 0.15) is 0 Å². The zero-order chi connectivity index (χ0) is 21.2. The summed E-state index contributed by atoms with van der Waals surface area (Å²) >= 11 is 9.30. The first-order chi connectivity index (χ1) is 13.7. The van der Waals surface area contributed by atoms with Crippen molar-refractivity contribution in [2.45, 2.75) is 32.6 Å². The molecule has 1 fully saturated rings. The average Bonchev–Trinajstić information content (AvgIpc) is 2.97. The fourth-order valence-corrected chi connectivity index (χ4v) is 3.96. The smallest absolute Gasteiger partial charge is 0.340 e. The normalized spacial score (nSPS) is 15.7. The number of carbonyl (C=O) groups is 1. The maximum absolute atomic E-state index is 12.9. The maximum atomic E-state index is 12.9. The van der Waals surface area contributed by atoms with Gasteiger partial charge in [-0.25, -0.2) is 0 Å². The number of rotatable bonds is 5. The zero-order valence-electron chi connectivity index (χ0n) is 15.8. The van der Waals surface area contributed by atoms with E-state index in [9.17, 15) is 18.0 Å². The van der Waals surface area contributed by atoms with Crippen LogP contribution in [0.2, 0.25) is 5.02 Å². The lowest BCUT2D eigenvalue weighted by Crippen LogP contribution is -2.48. The summed E-state index contributed by atoms with van der Waals surface area (Å²) in [4.78, 5) is 16.5. The van der Waals surface area contributed by atoms with E-state index in [-0.39, 0.29) is 24.6 Å². The molecule has 5 nitrogen and oxygen atoms in total. The first-order valence-electron chi connectivity index (χ1n) is 9.20. The molecule has 0 N–H and O–H groups in total. The number of benzene rings is 1. The van der Waals surface area contributed by atoms with Gasteiger partial charge in [0.2, 0.25) is 5.91 Å². The molecular formula is C19H21BrClF3N4O. The monoisotopic (exact) mass is 492 g/mol. The van der Waals surface area contributed by atoms with E-state index >= 15 is 0 Å². The van der Waals surface area contributed by atoms with Crippen molar-refractivity contribution >= 4 is 33.4 Å². The summed E-state index contributed by atoms with van der Waals surface area (Å²) < 4.78 is 40.9. The highest BCUT2D eigenvalue weighted by Crippen LogP contribution is 2.35. The summed E-state index contributed by atoms with van der Waals surface area (Å²) in [6, 6.07) is 8.03. The lowest BCUT2D eigenvalue weighted by atomic mass is 10.2. The highest BCUT2D eigenvalue weighted by Gasteiger charge is 2.38. The fraction of sp³-hybridized carbons (Fsp3) is 0.474. The Hall–Kier alpha value is -1.58. The number of carbonyl (C=O) groups excluding carboxylic acids is 1. The quantitative estimate of drug-likeness (QED) is 0.621. The van der Waals surface area contributed by atoms with Crippen LogP contribution in [0.25, 0.3) is 0 Å². The zero-order valence-corrected chi connectivity index (χ0v) is 18.2. The predicted molar refractivity (Wildman–Crippen MR) is 108 cm³/mol. The van der Waals surface area contributed by atoms with Crippen molar-refractivity contribution in [2.24, 2.45) is 0 Å². The largest absolute Gasteiger partial charge is 0.436 e.